The lowest BCUT2D eigenvalue weighted by Gasteiger charge is -2.10. The Balaban J connectivity index is 1.56. The first-order chi connectivity index (χ1) is 14.2. The second-order valence-corrected chi connectivity index (χ2v) is 8.62. The van der Waals surface area contributed by atoms with Gasteiger partial charge >= 0.3 is 0 Å². The van der Waals surface area contributed by atoms with Crippen LogP contribution in [-0.4, -0.2) is 26.9 Å². The highest BCUT2D eigenvalue weighted by Gasteiger charge is 2.21. The van der Waals surface area contributed by atoms with Crippen molar-refractivity contribution < 1.29 is 14.1 Å². The summed E-state index contributed by atoms with van der Waals surface area (Å²) < 4.78 is 6.02. The first kappa shape index (κ1) is 21.6. The number of carbonyl (C=O) groups is 2. The first-order valence-corrected chi connectivity index (χ1v) is 10.2. The van der Waals surface area contributed by atoms with E-state index in [1.54, 1.807) is 42.6 Å². The Bertz CT molecular complexity index is 1040. The highest BCUT2D eigenvalue weighted by Crippen LogP contribution is 2.19. The molecule has 2 aromatic heterocycles. The van der Waals surface area contributed by atoms with Crippen LogP contribution in [-0.2, 0) is 16.6 Å². The topological polar surface area (TPSA) is 110 Å². The maximum absolute atomic E-state index is 12.4. The number of amides is 2. The number of benzene rings is 1. The number of rotatable bonds is 6. The molecule has 9 heteroatoms. The van der Waals surface area contributed by atoms with Crippen molar-refractivity contribution in [3.8, 4) is 0 Å². The van der Waals surface area contributed by atoms with Crippen molar-refractivity contribution in [2.75, 3.05) is 10.6 Å². The highest BCUT2D eigenvalue weighted by molar-refractivity contribution is 9.10. The van der Waals surface area contributed by atoms with Gasteiger partial charge in [0.2, 0.25) is 11.8 Å². The average molecular weight is 472 g/mol. The van der Waals surface area contributed by atoms with Crippen LogP contribution in [0.4, 0.5) is 11.5 Å². The van der Waals surface area contributed by atoms with Crippen molar-refractivity contribution in [3.05, 3.63) is 64.3 Å². The predicted octanol–water partition coefficient (Wildman–Crippen LogP) is 4.35. The molecule has 2 amide bonds. The number of hydrogen-bond donors (Lipinski definition) is 2. The molecule has 0 saturated heterocycles. The number of anilines is 2. The number of pyridine rings is 1. The Kier molecular flexibility index (Phi) is 6.61. The van der Waals surface area contributed by atoms with E-state index in [9.17, 15) is 9.59 Å². The summed E-state index contributed by atoms with van der Waals surface area (Å²) in [4.78, 5) is 33.1. The Morgan fingerprint density at radius 3 is 2.60 bits per heavy atom. The Hall–Kier alpha value is -3.07. The summed E-state index contributed by atoms with van der Waals surface area (Å²) in [5.74, 6) is 0.938. The maximum Gasteiger partial charge on any atom is 0.256 e. The van der Waals surface area contributed by atoms with Crippen LogP contribution in [0, 0.1) is 0 Å². The molecule has 2 heterocycles. The Labute approximate surface area is 182 Å². The second-order valence-electron chi connectivity index (χ2n) is 7.71. The van der Waals surface area contributed by atoms with E-state index in [1.807, 2.05) is 20.8 Å². The molecule has 0 atom stereocenters. The second kappa shape index (κ2) is 9.17. The van der Waals surface area contributed by atoms with Gasteiger partial charge in [0.15, 0.2) is 5.82 Å². The quantitative estimate of drug-likeness (QED) is 0.552. The molecule has 0 bridgehead atoms. The minimum Gasteiger partial charge on any atom is -0.339 e. The van der Waals surface area contributed by atoms with Crippen LogP contribution in [0.5, 0.6) is 0 Å². The fraction of sp³-hybridized carbons (Fsp3) is 0.286. The number of halogens is 1. The van der Waals surface area contributed by atoms with E-state index in [4.69, 9.17) is 4.52 Å². The molecule has 0 saturated carbocycles. The number of carbonyl (C=O) groups excluding carboxylic acids is 2. The maximum atomic E-state index is 12.4. The SMILES string of the molecule is CC(C)(C)c1noc(CCC(=O)Nc2cccc(C(=O)Nc3ccc(Br)cn3)c2)n1. The normalized spacial score (nSPS) is 11.2. The minimum absolute atomic E-state index is 0.186. The molecular formula is C21H22BrN5O3. The molecule has 0 radical (unpaired) electrons. The van der Waals surface area contributed by atoms with Crippen molar-refractivity contribution in [3.63, 3.8) is 0 Å². The van der Waals surface area contributed by atoms with Crippen LogP contribution in [0.2, 0.25) is 0 Å². The third-order valence-electron chi connectivity index (χ3n) is 4.08. The van der Waals surface area contributed by atoms with Crippen LogP contribution in [0.25, 0.3) is 0 Å². The van der Waals surface area contributed by atoms with Crippen molar-refractivity contribution >= 4 is 39.2 Å². The molecule has 3 aromatic rings. The van der Waals surface area contributed by atoms with Gasteiger partial charge in [0.1, 0.15) is 5.82 Å². The summed E-state index contributed by atoms with van der Waals surface area (Å²) >= 11 is 3.30. The molecule has 30 heavy (non-hydrogen) atoms. The molecule has 156 valence electrons. The zero-order valence-electron chi connectivity index (χ0n) is 16.9. The molecule has 0 spiro atoms. The van der Waals surface area contributed by atoms with Gasteiger partial charge in [-0.1, -0.05) is 32.0 Å². The van der Waals surface area contributed by atoms with Crippen molar-refractivity contribution in [2.45, 2.75) is 39.0 Å². The fourth-order valence-electron chi connectivity index (χ4n) is 2.48. The third-order valence-corrected chi connectivity index (χ3v) is 4.55. The van der Waals surface area contributed by atoms with Gasteiger partial charge in [0.25, 0.3) is 5.91 Å². The number of aryl methyl sites for hydroxylation is 1. The average Bonchev–Trinajstić information content (AvgIpc) is 3.18. The minimum atomic E-state index is -0.318. The molecule has 0 aliphatic heterocycles. The van der Waals surface area contributed by atoms with Crippen LogP contribution in [0.15, 0.2) is 51.6 Å². The molecule has 1 aromatic carbocycles. The van der Waals surface area contributed by atoms with E-state index in [-0.39, 0.29) is 23.7 Å². The standard InChI is InChI=1S/C21H22BrN5O3/c1-21(2,3)20-26-18(30-27-20)10-9-17(28)24-15-6-4-5-13(11-15)19(29)25-16-8-7-14(22)12-23-16/h4-8,11-12H,9-10H2,1-3H3,(H,24,28)(H,23,25,29). The molecule has 0 fully saturated rings. The molecule has 3 rings (SSSR count). The number of nitrogens with zero attached hydrogens (tertiary/aromatic N) is 3. The molecule has 8 nitrogen and oxygen atoms in total. The van der Waals surface area contributed by atoms with Crippen molar-refractivity contribution in [1.29, 1.82) is 0 Å². The monoisotopic (exact) mass is 471 g/mol. The van der Waals surface area contributed by atoms with Crippen molar-refractivity contribution in [2.24, 2.45) is 0 Å². The number of nitrogens with one attached hydrogen (secondary N) is 2. The van der Waals surface area contributed by atoms with E-state index >= 15 is 0 Å². The van der Waals surface area contributed by atoms with Crippen molar-refractivity contribution in [1.82, 2.24) is 15.1 Å². The van der Waals surface area contributed by atoms with Gasteiger partial charge < -0.3 is 15.2 Å². The zero-order valence-corrected chi connectivity index (χ0v) is 18.5. The van der Waals surface area contributed by atoms with Gasteiger partial charge in [-0.2, -0.15) is 4.98 Å². The Morgan fingerprint density at radius 2 is 1.93 bits per heavy atom. The van der Waals surface area contributed by atoms with Crippen LogP contribution >= 0.6 is 15.9 Å². The number of aromatic nitrogens is 3. The molecule has 2 N–H and O–H groups in total. The lowest BCUT2D eigenvalue weighted by atomic mass is 9.96. The van der Waals surface area contributed by atoms with Gasteiger partial charge in [0.05, 0.1) is 0 Å². The molecular weight excluding hydrogens is 450 g/mol. The lowest BCUT2D eigenvalue weighted by molar-refractivity contribution is -0.116. The summed E-state index contributed by atoms with van der Waals surface area (Å²) in [6.07, 6.45) is 2.12. The van der Waals surface area contributed by atoms with E-state index in [2.05, 4.69) is 41.7 Å². The summed E-state index contributed by atoms with van der Waals surface area (Å²) in [6.45, 7) is 5.97. The third kappa shape index (κ3) is 5.96. The highest BCUT2D eigenvalue weighted by atomic mass is 79.9. The van der Waals surface area contributed by atoms with Gasteiger partial charge in [-0.15, -0.1) is 0 Å². The molecule has 0 aliphatic carbocycles. The molecule has 0 unspecified atom stereocenters. The largest absolute Gasteiger partial charge is 0.339 e. The summed E-state index contributed by atoms with van der Waals surface area (Å²) in [6, 6.07) is 10.2. The van der Waals surface area contributed by atoms with Gasteiger partial charge in [-0.3, -0.25) is 9.59 Å². The van der Waals surface area contributed by atoms with Crippen LogP contribution in [0.1, 0.15) is 49.3 Å². The summed E-state index contributed by atoms with van der Waals surface area (Å²) in [7, 11) is 0. The smallest absolute Gasteiger partial charge is 0.256 e. The zero-order chi connectivity index (χ0) is 21.7. The van der Waals surface area contributed by atoms with E-state index in [0.29, 0.717) is 35.2 Å². The first-order valence-electron chi connectivity index (χ1n) is 9.36. The summed E-state index contributed by atoms with van der Waals surface area (Å²) in [5, 5.41) is 9.45. The Morgan fingerprint density at radius 1 is 1.13 bits per heavy atom. The molecule has 0 aliphatic rings. The van der Waals surface area contributed by atoms with Crippen LogP contribution < -0.4 is 10.6 Å². The van der Waals surface area contributed by atoms with E-state index < -0.39 is 0 Å². The lowest BCUT2D eigenvalue weighted by Crippen LogP contribution is -2.15. The van der Waals surface area contributed by atoms with E-state index in [0.717, 1.165) is 4.47 Å². The van der Waals surface area contributed by atoms with E-state index in [1.165, 1.54) is 0 Å². The van der Waals surface area contributed by atoms with Crippen LogP contribution in [0.3, 0.4) is 0 Å². The van der Waals surface area contributed by atoms with Gasteiger partial charge in [-0.05, 0) is 46.3 Å². The summed E-state index contributed by atoms with van der Waals surface area (Å²) in [5.41, 5.74) is 0.720. The predicted molar refractivity (Wildman–Crippen MR) is 116 cm³/mol. The number of hydrogen-bond acceptors (Lipinski definition) is 6. The van der Waals surface area contributed by atoms with Gasteiger partial charge in [-0.25, -0.2) is 4.98 Å². The fourth-order valence-corrected chi connectivity index (χ4v) is 2.72. The van der Waals surface area contributed by atoms with Gasteiger partial charge in [0, 0.05) is 40.2 Å².